The van der Waals surface area contributed by atoms with Crippen LogP contribution in [0.25, 0.3) is 0 Å². The number of furan rings is 1. The number of piperazine rings is 1. The first-order chi connectivity index (χ1) is 11.5. The van der Waals surface area contributed by atoms with Gasteiger partial charge in [-0.1, -0.05) is 0 Å². The van der Waals surface area contributed by atoms with Gasteiger partial charge in [0.15, 0.2) is 0 Å². The van der Waals surface area contributed by atoms with Gasteiger partial charge < -0.3 is 14.4 Å². The van der Waals surface area contributed by atoms with Gasteiger partial charge >= 0.3 is 5.69 Å². The van der Waals surface area contributed by atoms with Crippen molar-refractivity contribution in [3.05, 3.63) is 50.6 Å². The first kappa shape index (κ1) is 16.1. The van der Waals surface area contributed by atoms with Crippen LogP contribution in [0.1, 0.15) is 11.3 Å². The summed E-state index contributed by atoms with van der Waals surface area (Å²) in [5.41, 5.74) is -1.42. The van der Waals surface area contributed by atoms with Crippen molar-refractivity contribution in [3.63, 3.8) is 0 Å². The van der Waals surface area contributed by atoms with Crippen LogP contribution in [0.3, 0.4) is 0 Å². The lowest BCUT2D eigenvalue weighted by atomic mass is 10.3. The quantitative estimate of drug-likeness (QED) is 0.563. The second-order valence-corrected chi connectivity index (χ2v) is 5.82. The van der Waals surface area contributed by atoms with Crippen LogP contribution in [-0.4, -0.2) is 59.1 Å². The molecule has 0 unspecified atom stereocenters. The lowest BCUT2D eigenvalue weighted by Crippen LogP contribution is -3.11. The number of hydrazone groups is 1. The third-order valence-electron chi connectivity index (χ3n) is 4.04. The second-order valence-electron chi connectivity index (χ2n) is 5.82. The first-order valence-electron chi connectivity index (χ1n) is 7.73. The number of hydrogen-bond donors (Lipinski definition) is 3. The highest BCUT2D eigenvalue weighted by Gasteiger charge is 2.16. The maximum Gasteiger partial charge on any atom is 0.331 e. The summed E-state index contributed by atoms with van der Waals surface area (Å²) in [5.74, 6) is 0.0630. The fraction of sp³-hybridized carbons (Fsp3) is 0.400. The zero-order chi connectivity index (χ0) is 17.1. The van der Waals surface area contributed by atoms with E-state index in [1.54, 1.807) is 12.1 Å². The largest absolute Gasteiger partial charge is 0.494 e. The number of quaternary nitrogens is 1. The minimum atomic E-state index is -0.700. The van der Waals surface area contributed by atoms with Crippen LogP contribution in [0.15, 0.2) is 37.5 Å². The van der Waals surface area contributed by atoms with E-state index in [9.17, 15) is 14.7 Å². The zero-order valence-electron chi connectivity index (χ0n) is 13.4. The predicted octanol–water partition coefficient (Wildman–Crippen LogP) is -1.95. The zero-order valence-corrected chi connectivity index (χ0v) is 13.4. The highest BCUT2D eigenvalue weighted by Crippen LogP contribution is 2.11. The Morgan fingerprint density at radius 1 is 1.42 bits per heavy atom. The van der Waals surface area contributed by atoms with E-state index in [0.29, 0.717) is 5.76 Å². The van der Waals surface area contributed by atoms with Gasteiger partial charge in [-0.2, -0.15) is 5.10 Å². The smallest absolute Gasteiger partial charge is 0.331 e. The number of aromatic nitrogens is 2. The van der Waals surface area contributed by atoms with Crippen molar-refractivity contribution in [2.45, 2.75) is 6.54 Å². The summed E-state index contributed by atoms with van der Waals surface area (Å²) in [6.07, 6.45) is 2.77. The molecule has 1 saturated heterocycles. The Hall–Kier alpha value is -2.81. The van der Waals surface area contributed by atoms with Crippen LogP contribution < -0.4 is 16.1 Å². The number of aromatic amines is 1. The fourth-order valence-corrected chi connectivity index (χ4v) is 2.53. The SMILES string of the molecule is C[NH+]1CCN(/N=C/c2c(O)n(Cc3ccco3)c(=O)[nH]c2=O)CC1. The molecular weight excluding hydrogens is 314 g/mol. The average molecular weight is 334 g/mol. The molecule has 1 fully saturated rings. The molecule has 0 saturated carbocycles. The van der Waals surface area contributed by atoms with Gasteiger partial charge in [0.2, 0.25) is 5.88 Å². The summed E-state index contributed by atoms with van der Waals surface area (Å²) >= 11 is 0. The summed E-state index contributed by atoms with van der Waals surface area (Å²) in [6, 6.07) is 3.36. The normalized spacial score (nSPS) is 16.1. The lowest BCUT2D eigenvalue weighted by molar-refractivity contribution is -0.884. The van der Waals surface area contributed by atoms with Crippen LogP contribution >= 0.6 is 0 Å². The molecule has 24 heavy (non-hydrogen) atoms. The molecule has 3 heterocycles. The second kappa shape index (κ2) is 6.75. The van der Waals surface area contributed by atoms with Crippen LogP contribution in [0.5, 0.6) is 5.88 Å². The molecule has 0 amide bonds. The van der Waals surface area contributed by atoms with Crippen molar-refractivity contribution < 1.29 is 14.4 Å². The van der Waals surface area contributed by atoms with E-state index in [1.165, 1.54) is 17.4 Å². The number of nitrogens with one attached hydrogen (secondary N) is 2. The van der Waals surface area contributed by atoms with Crippen molar-refractivity contribution in [1.82, 2.24) is 14.6 Å². The van der Waals surface area contributed by atoms with E-state index in [0.717, 1.165) is 30.7 Å². The Bertz CT molecular complexity index is 829. The van der Waals surface area contributed by atoms with E-state index in [1.807, 2.05) is 5.01 Å². The van der Waals surface area contributed by atoms with Gasteiger partial charge in [0, 0.05) is 0 Å². The minimum Gasteiger partial charge on any atom is -0.494 e. The van der Waals surface area contributed by atoms with Crippen molar-refractivity contribution in [2.24, 2.45) is 5.10 Å². The van der Waals surface area contributed by atoms with Crippen LogP contribution in [0.4, 0.5) is 0 Å². The van der Waals surface area contributed by atoms with Gasteiger partial charge in [-0.3, -0.25) is 19.4 Å². The Morgan fingerprint density at radius 2 is 2.17 bits per heavy atom. The summed E-state index contributed by atoms with van der Waals surface area (Å²) < 4.78 is 6.21. The molecule has 128 valence electrons. The fourth-order valence-electron chi connectivity index (χ4n) is 2.53. The number of hydrogen-bond acceptors (Lipinski definition) is 6. The molecule has 0 aromatic carbocycles. The van der Waals surface area contributed by atoms with Crippen LogP contribution in [0.2, 0.25) is 0 Å². The lowest BCUT2D eigenvalue weighted by Gasteiger charge is -2.27. The first-order valence-corrected chi connectivity index (χ1v) is 7.73. The molecule has 2 aromatic heterocycles. The molecule has 9 heteroatoms. The molecule has 3 N–H and O–H groups in total. The molecule has 0 atom stereocenters. The Morgan fingerprint density at radius 3 is 2.83 bits per heavy atom. The summed E-state index contributed by atoms with van der Waals surface area (Å²) in [4.78, 5) is 27.5. The van der Waals surface area contributed by atoms with E-state index >= 15 is 0 Å². The van der Waals surface area contributed by atoms with Crippen LogP contribution in [-0.2, 0) is 6.54 Å². The van der Waals surface area contributed by atoms with E-state index in [2.05, 4.69) is 17.1 Å². The van der Waals surface area contributed by atoms with Gasteiger partial charge in [-0.15, -0.1) is 0 Å². The molecule has 2 aromatic rings. The molecule has 0 bridgehead atoms. The van der Waals surface area contributed by atoms with Crippen molar-refractivity contribution in [1.29, 1.82) is 0 Å². The Labute approximate surface area is 137 Å². The van der Waals surface area contributed by atoms with Gasteiger partial charge in [-0.25, -0.2) is 4.79 Å². The third-order valence-corrected chi connectivity index (χ3v) is 4.04. The summed E-state index contributed by atoms with van der Waals surface area (Å²) in [5, 5.41) is 16.4. The third kappa shape index (κ3) is 3.40. The van der Waals surface area contributed by atoms with Crippen LogP contribution in [0, 0.1) is 0 Å². The molecule has 0 spiro atoms. The summed E-state index contributed by atoms with van der Waals surface area (Å²) in [7, 11) is 2.11. The van der Waals surface area contributed by atoms with Gasteiger partial charge in [0.1, 0.15) is 11.3 Å². The number of likely N-dealkylation sites (N-methyl/N-ethyl adjacent to an activating group) is 1. The van der Waals surface area contributed by atoms with E-state index < -0.39 is 17.1 Å². The predicted molar refractivity (Wildman–Crippen MR) is 86.6 cm³/mol. The Kier molecular flexibility index (Phi) is 4.52. The van der Waals surface area contributed by atoms with Crippen molar-refractivity contribution >= 4 is 6.21 Å². The minimum absolute atomic E-state index is 0.0210. The number of aromatic hydroxyl groups is 1. The molecule has 0 aliphatic carbocycles. The number of rotatable bonds is 4. The van der Waals surface area contributed by atoms with Gasteiger partial charge in [0.05, 0.1) is 52.2 Å². The number of nitrogens with zero attached hydrogens (tertiary/aromatic N) is 3. The maximum absolute atomic E-state index is 12.0. The van der Waals surface area contributed by atoms with E-state index in [-0.39, 0.29) is 12.1 Å². The number of H-pyrrole nitrogens is 1. The average Bonchev–Trinajstić information content (AvgIpc) is 3.06. The monoisotopic (exact) mass is 334 g/mol. The summed E-state index contributed by atoms with van der Waals surface area (Å²) in [6.45, 7) is 3.47. The van der Waals surface area contributed by atoms with E-state index in [4.69, 9.17) is 4.42 Å². The molecular formula is C15H20N5O4+. The van der Waals surface area contributed by atoms with Gasteiger partial charge in [0.25, 0.3) is 5.56 Å². The molecule has 9 nitrogen and oxygen atoms in total. The van der Waals surface area contributed by atoms with Crippen molar-refractivity contribution in [2.75, 3.05) is 33.2 Å². The Balaban J connectivity index is 1.87. The van der Waals surface area contributed by atoms with Gasteiger partial charge in [-0.05, 0) is 12.1 Å². The highest BCUT2D eigenvalue weighted by molar-refractivity contribution is 5.81. The molecule has 0 radical (unpaired) electrons. The molecule has 1 aliphatic heterocycles. The topological polar surface area (TPSA) is 108 Å². The standard InChI is InChI=1S/C15H19N5O4/c1-18-4-6-19(7-5-18)16-9-12-13(21)17-15(23)20(14(12)22)10-11-3-2-8-24-11/h2-3,8-9,22H,4-7,10H2,1H3,(H,17,21,23)/p+1/b16-9+. The maximum atomic E-state index is 12.0. The highest BCUT2D eigenvalue weighted by atomic mass is 16.3. The molecule has 1 aliphatic rings. The molecule has 3 rings (SSSR count). The van der Waals surface area contributed by atoms with Crippen molar-refractivity contribution in [3.8, 4) is 5.88 Å².